The second kappa shape index (κ2) is 8.51. The van der Waals surface area contributed by atoms with E-state index in [-0.39, 0.29) is 0 Å². The van der Waals surface area contributed by atoms with Crippen LogP contribution in [-0.4, -0.2) is 34.9 Å². The van der Waals surface area contributed by atoms with Gasteiger partial charge in [-0.05, 0) is 12.3 Å². The Kier molecular flexibility index (Phi) is 9.91. The maximum Gasteiger partial charge on any atom is 0.432 e. The summed E-state index contributed by atoms with van der Waals surface area (Å²) >= 11 is 0. The minimum Gasteiger partial charge on any atom is -0.480 e. The molecule has 0 bridgehead atoms. The molecule has 0 heterocycles. The fraction of sp³-hybridized carbons (Fsp3) is 0.833. The maximum absolute atomic E-state index is 10.1. The first-order chi connectivity index (χ1) is 5.45. The van der Waals surface area contributed by atoms with Crippen molar-refractivity contribution in [2.75, 3.05) is 0 Å². The van der Waals surface area contributed by atoms with E-state index in [9.17, 15) is 4.79 Å². The van der Waals surface area contributed by atoms with Gasteiger partial charge in [0.25, 0.3) is 0 Å². The quantitative estimate of drug-likeness (QED) is 0.400. The van der Waals surface area contributed by atoms with E-state index >= 15 is 0 Å². The van der Waals surface area contributed by atoms with Crippen LogP contribution in [0.4, 0.5) is 0 Å². The van der Waals surface area contributed by atoms with Crippen LogP contribution in [0.25, 0.3) is 0 Å². The summed E-state index contributed by atoms with van der Waals surface area (Å²) in [7, 11) is -0.750. The normalized spacial score (nSPS) is 11.5. The van der Waals surface area contributed by atoms with E-state index < -0.39 is 19.7 Å². The van der Waals surface area contributed by atoms with Gasteiger partial charge in [-0.3, -0.25) is 4.79 Å². The number of hydrogen-bond acceptors (Lipinski definition) is 4. The van der Waals surface area contributed by atoms with Gasteiger partial charge >= 0.3 is 13.7 Å². The minimum atomic E-state index is -0.913. The van der Waals surface area contributed by atoms with Crippen molar-refractivity contribution in [2.45, 2.75) is 26.3 Å². The van der Waals surface area contributed by atoms with E-state index in [2.05, 4.69) is 0 Å². The first kappa shape index (κ1) is 14.0. The molecule has 0 rings (SSSR count). The van der Waals surface area contributed by atoms with Gasteiger partial charge < -0.3 is 20.9 Å². The predicted molar refractivity (Wildman–Crippen MR) is 46.7 cm³/mol. The molecular formula is C6H16BNO4. The van der Waals surface area contributed by atoms with E-state index in [0.717, 1.165) is 0 Å². The molecule has 1 unspecified atom stereocenters. The number of aliphatic carboxylic acids is 1. The molecule has 72 valence electrons. The van der Waals surface area contributed by atoms with Gasteiger partial charge in [-0.25, -0.2) is 0 Å². The van der Waals surface area contributed by atoms with Crippen molar-refractivity contribution in [1.29, 1.82) is 0 Å². The van der Waals surface area contributed by atoms with Crippen molar-refractivity contribution in [3.8, 4) is 0 Å². The summed E-state index contributed by atoms with van der Waals surface area (Å²) in [6.07, 6.45) is 0.551. The van der Waals surface area contributed by atoms with Gasteiger partial charge in [-0.1, -0.05) is 13.8 Å². The Bertz CT molecular complexity index is 120. The van der Waals surface area contributed by atoms with Crippen molar-refractivity contribution in [2.24, 2.45) is 11.7 Å². The smallest absolute Gasteiger partial charge is 0.432 e. The highest BCUT2D eigenvalue weighted by atomic mass is 16.4. The average molecular weight is 177 g/mol. The lowest BCUT2D eigenvalue weighted by Crippen LogP contribution is -2.31. The van der Waals surface area contributed by atoms with Crippen molar-refractivity contribution in [3.05, 3.63) is 0 Å². The molecule has 12 heavy (non-hydrogen) atoms. The van der Waals surface area contributed by atoms with Crippen molar-refractivity contribution < 1.29 is 19.9 Å². The first-order valence-electron chi connectivity index (χ1n) is 3.65. The van der Waals surface area contributed by atoms with E-state index in [4.69, 9.17) is 20.9 Å². The SMILES string of the molecule is CC(C)CC(N)C(=O)O.OBO. The lowest BCUT2D eigenvalue weighted by atomic mass is 10.1. The number of nitrogens with two attached hydrogens (primary N) is 1. The Morgan fingerprint density at radius 3 is 1.92 bits per heavy atom. The molecule has 0 saturated heterocycles. The van der Waals surface area contributed by atoms with Crippen molar-refractivity contribution in [1.82, 2.24) is 0 Å². The van der Waals surface area contributed by atoms with Gasteiger partial charge in [-0.15, -0.1) is 0 Å². The third kappa shape index (κ3) is 12.1. The van der Waals surface area contributed by atoms with Crippen LogP contribution in [0.3, 0.4) is 0 Å². The molecular weight excluding hydrogens is 161 g/mol. The number of hydrogen-bond donors (Lipinski definition) is 4. The summed E-state index contributed by atoms with van der Waals surface area (Å²) in [6.45, 7) is 3.89. The second-order valence-corrected chi connectivity index (χ2v) is 2.72. The Balaban J connectivity index is 0. The molecule has 0 fully saturated rings. The minimum absolute atomic E-state index is 0.357. The third-order valence-corrected chi connectivity index (χ3v) is 1.04. The van der Waals surface area contributed by atoms with Gasteiger partial charge in [-0.2, -0.15) is 0 Å². The van der Waals surface area contributed by atoms with E-state index in [0.29, 0.717) is 12.3 Å². The molecule has 5 N–H and O–H groups in total. The zero-order valence-electron chi connectivity index (χ0n) is 7.40. The topological polar surface area (TPSA) is 104 Å². The monoisotopic (exact) mass is 177 g/mol. The van der Waals surface area contributed by atoms with Crippen LogP contribution in [-0.2, 0) is 4.79 Å². The Hall–Kier alpha value is -0.585. The van der Waals surface area contributed by atoms with E-state index in [1.165, 1.54) is 0 Å². The molecule has 0 spiro atoms. The standard InChI is InChI=1S/C6H13NO2.BH3O2/c1-4(2)3-5(7)6(8)9;2-1-3/h4-5H,3,7H2,1-2H3,(H,8,9);1-3H. The highest BCUT2D eigenvalue weighted by molar-refractivity contribution is 6.13. The van der Waals surface area contributed by atoms with Gasteiger partial charge in [0, 0.05) is 0 Å². The molecule has 0 saturated carbocycles. The van der Waals surface area contributed by atoms with Crippen LogP contribution >= 0.6 is 0 Å². The summed E-state index contributed by atoms with van der Waals surface area (Å²) in [4.78, 5) is 10.1. The molecule has 0 aromatic carbocycles. The van der Waals surface area contributed by atoms with Gasteiger partial charge in [0.2, 0.25) is 0 Å². The molecule has 0 aliphatic carbocycles. The summed E-state index contributed by atoms with van der Waals surface area (Å²) in [5, 5.41) is 22.6. The maximum atomic E-state index is 10.1. The van der Waals surface area contributed by atoms with E-state index in [1.54, 1.807) is 0 Å². The number of carboxylic acids is 1. The number of carbonyl (C=O) groups is 1. The lowest BCUT2D eigenvalue weighted by molar-refractivity contribution is -0.138. The molecule has 5 nitrogen and oxygen atoms in total. The molecule has 0 aliphatic heterocycles. The lowest BCUT2D eigenvalue weighted by Gasteiger charge is -2.07. The molecule has 1 atom stereocenters. The van der Waals surface area contributed by atoms with E-state index in [1.807, 2.05) is 13.8 Å². The molecule has 6 heteroatoms. The number of carboxylic acid groups (broad SMARTS) is 1. The average Bonchev–Trinajstić information content (AvgIpc) is 1.87. The summed E-state index contributed by atoms with van der Waals surface area (Å²) < 4.78 is 0. The molecule has 0 radical (unpaired) electrons. The zero-order chi connectivity index (χ0) is 10.1. The van der Waals surface area contributed by atoms with Gasteiger partial charge in [0.05, 0.1) is 0 Å². The Morgan fingerprint density at radius 1 is 1.50 bits per heavy atom. The molecule has 0 aromatic heterocycles. The second-order valence-electron chi connectivity index (χ2n) is 2.72. The third-order valence-electron chi connectivity index (χ3n) is 1.04. The summed E-state index contributed by atoms with van der Waals surface area (Å²) in [5.41, 5.74) is 5.22. The Labute approximate surface area is 72.5 Å². The first-order valence-corrected chi connectivity index (χ1v) is 3.65. The highest BCUT2D eigenvalue weighted by Gasteiger charge is 2.11. The fourth-order valence-electron chi connectivity index (χ4n) is 0.609. The van der Waals surface area contributed by atoms with Gasteiger partial charge in [0.15, 0.2) is 0 Å². The molecule has 0 amide bonds. The van der Waals surface area contributed by atoms with Crippen molar-refractivity contribution >= 4 is 13.7 Å². The van der Waals surface area contributed by atoms with Crippen LogP contribution in [0.15, 0.2) is 0 Å². The van der Waals surface area contributed by atoms with Crippen LogP contribution in [0.5, 0.6) is 0 Å². The summed E-state index contributed by atoms with van der Waals surface area (Å²) in [5.74, 6) is -0.556. The van der Waals surface area contributed by atoms with Crippen LogP contribution in [0.1, 0.15) is 20.3 Å². The largest absolute Gasteiger partial charge is 0.480 e. The van der Waals surface area contributed by atoms with Crippen LogP contribution in [0, 0.1) is 5.92 Å². The fourth-order valence-corrected chi connectivity index (χ4v) is 0.609. The summed E-state index contributed by atoms with van der Waals surface area (Å²) in [6, 6.07) is -0.690. The predicted octanol–water partition coefficient (Wildman–Crippen LogP) is -1.32. The van der Waals surface area contributed by atoms with Crippen LogP contribution < -0.4 is 5.73 Å². The molecule has 0 aliphatic rings. The number of rotatable bonds is 3. The Morgan fingerprint density at radius 2 is 1.83 bits per heavy atom. The van der Waals surface area contributed by atoms with Crippen LogP contribution in [0.2, 0.25) is 0 Å². The zero-order valence-corrected chi connectivity index (χ0v) is 7.40. The molecule has 0 aromatic rings. The highest BCUT2D eigenvalue weighted by Crippen LogP contribution is 2.01. The van der Waals surface area contributed by atoms with Gasteiger partial charge in [0.1, 0.15) is 6.04 Å². The van der Waals surface area contributed by atoms with Crippen molar-refractivity contribution in [3.63, 3.8) is 0 Å².